The number of carbonyl (C=O) groups excluding carboxylic acids is 1. The highest BCUT2D eigenvalue weighted by atomic mass is 32.2. The first-order chi connectivity index (χ1) is 11.3. The Bertz CT molecular complexity index is 829. The molecule has 1 amide bonds. The molecule has 0 aliphatic carbocycles. The number of carbonyl (C=O) groups is 1. The minimum absolute atomic E-state index is 0.153. The third-order valence-electron chi connectivity index (χ3n) is 3.27. The second-order valence-electron chi connectivity index (χ2n) is 4.90. The van der Waals surface area contributed by atoms with E-state index in [1.165, 1.54) is 0 Å². The van der Waals surface area contributed by atoms with Gasteiger partial charge in [0.1, 0.15) is 5.65 Å². The highest BCUT2D eigenvalue weighted by Crippen LogP contribution is 2.23. The highest BCUT2D eigenvalue weighted by molar-refractivity contribution is 7.98. The summed E-state index contributed by atoms with van der Waals surface area (Å²) in [6, 6.07) is 13.4. The first-order valence-electron chi connectivity index (χ1n) is 7.13. The summed E-state index contributed by atoms with van der Waals surface area (Å²) in [5.74, 6) is 3.01. The van der Waals surface area contributed by atoms with Crippen molar-refractivity contribution >= 4 is 23.3 Å². The van der Waals surface area contributed by atoms with E-state index in [-0.39, 0.29) is 12.5 Å². The largest absolute Gasteiger partial charge is 0.341 e. The van der Waals surface area contributed by atoms with E-state index in [1.54, 1.807) is 23.9 Å². The average molecular weight is 321 g/mol. The summed E-state index contributed by atoms with van der Waals surface area (Å²) in [7, 11) is 0. The third kappa shape index (κ3) is 3.74. The van der Waals surface area contributed by atoms with Crippen LogP contribution < -0.4 is 5.32 Å². The van der Waals surface area contributed by atoms with Gasteiger partial charge in [0, 0.05) is 28.6 Å². The SMILES string of the molecule is C#CCNC(=O)c1ccc(SCc2cn3ccccc3n2)cc1. The Morgan fingerprint density at radius 3 is 2.83 bits per heavy atom. The van der Waals surface area contributed by atoms with Crippen molar-refractivity contribution in [2.24, 2.45) is 0 Å². The van der Waals surface area contributed by atoms with E-state index >= 15 is 0 Å². The summed E-state index contributed by atoms with van der Waals surface area (Å²) in [5, 5.41) is 2.65. The Hall–Kier alpha value is -2.71. The quantitative estimate of drug-likeness (QED) is 0.580. The van der Waals surface area contributed by atoms with Crippen molar-refractivity contribution in [3.8, 4) is 12.3 Å². The second kappa shape index (κ2) is 7.03. The summed E-state index contributed by atoms with van der Waals surface area (Å²) in [4.78, 5) is 17.4. The van der Waals surface area contributed by atoms with Gasteiger partial charge in [-0.25, -0.2) is 4.98 Å². The normalized spacial score (nSPS) is 10.4. The number of hydrogen-bond acceptors (Lipinski definition) is 3. The molecular formula is C18H15N3OS. The lowest BCUT2D eigenvalue weighted by molar-refractivity contribution is 0.0958. The molecule has 0 saturated heterocycles. The molecule has 23 heavy (non-hydrogen) atoms. The lowest BCUT2D eigenvalue weighted by Gasteiger charge is -2.03. The molecule has 114 valence electrons. The third-order valence-corrected chi connectivity index (χ3v) is 4.31. The Morgan fingerprint density at radius 1 is 1.26 bits per heavy atom. The standard InChI is InChI=1S/C18H15N3OS/c1-2-10-19-18(22)14-6-8-16(9-7-14)23-13-15-12-21-11-4-3-5-17(21)20-15/h1,3-9,11-12H,10,13H2,(H,19,22). The van der Waals surface area contributed by atoms with Crippen LogP contribution in [0.5, 0.6) is 0 Å². The molecule has 3 rings (SSSR count). The summed E-state index contributed by atoms with van der Waals surface area (Å²) >= 11 is 1.69. The van der Waals surface area contributed by atoms with Crippen molar-refractivity contribution in [2.75, 3.05) is 6.54 Å². The zero-order chi connectivity index (χ0) is 16.1. The van der Waals surface area contributed by atoms with Crippen LogP contribution in [-0.2, 0) is 5.75 Å². The topological polar surface area (TPSA) is 46.4 Å². The van der Waals surface area contributed by atoms with Gasteiger partial charge in [-0.3, -0.25) is 4.79 Å². The fraction of sp³-hybridized carbons (Fsp3) is 0.111. The summed E-state index contributed by atoms with van der Waals surface area (Å²) < 4.78 is 2.01. The maximum absolute atomic E-state index is 11.8. The Labute approximate surface area is 138 Å². The molecule has 3 aromatic rings. The predicted molar refractivity (Wildman–Crippen MR) is 92.4 cm³/mol. The molecule has 0 saturated carbocycles. The highest BCUT2D eigenvalue weighted by Gasteiger charge is 2.05. The van der Waals surface area contributed by atoms with E-state index in [0.717, 1.165) is 22.0 Å². The molecule has 0 aliphatic rings. The fourth-order valence-corrected chi connectivity index (χ4v) is 2.93. The van der Waals surface area contributed by atoms with Crippen LogP contribution in [-0.4, -0.2) is 21.8 Å². The van der Waals surface area contributed by atoms with Crippen LogP contribution in [0.2, 0.25) is 0 Å². The Balaban J connectivity index is 1.62. The fourth-order valence-electron chi connectivity index (χ4n) is 2.15. The van der Waals surface area contributed by atoms with E-state index in [4.69, 9.17) is 6.42 Å². The second-order valence-corrected chi connectivity index (χ2v) is 5.95. The van der Waals surface area contributed by atoms with Gasteiger partial charge in [0.2, 0.25) is 0 Å². The van der Waals surface area contributed by atoms with Gasteiger partial charge in [-0.2, -0.15) is 0 Å². The number of hydrogen-bond donors (Lipinski definition) is 1. The molecule has 0 fully saturated rings. The van der Waals surface area contributed by atoms with E-state index in [2.05, 4.69) is 16.2 Å². The van der Waals surface area contributed by atoms with E-state index < -0.39 is 0 Å². The Kier molecular flexibility index (Phi) is 4.65. The molecule has 0 unspecified atom stereocenters. The number of amides is 1. The molecule has 0 spiro atoms. The maximum atomic E-state index is 11.8. The van der Waals surface area contributed by atoms with Crippen molar-refractivity contribution < 1.29 is 4.79 Å². The molecule has 2 heterocycles. The van der Waals surface area contributed by atoms with Crippen LogP contribution >= 0.6 is 11.8 Å². The predicted octanol–water partition coefficient (Wildman–Crippen LogP) is 2.99. The van der Waals surface area contributed by atoms with Crippen LogP contribution in [0.15, 0.2) is 59.8 Å². The van der Waals surface area contributed by atoms with Gasteiger partial charge in [-0.1, -0.05) is 12.0 Å². The molecule has 5 heteroatoms. The van der Waals surface area contributed by atoms with Gasteiger partial charge in [-0.15, -0.1) is 18.2 Å². The minimum Gasteiger partial charge on any atom is -0.341 e. The molecular weight excluding hydrogens is 306 g/mol. The van der Waals surface area contributed by atoms with Crippen LogP contribution in [0.1, 0.15) is 16.1 Å². The average Bonchev–Trinajstić information content (AvgIpc) is 3.01. The number of fused-ring (bicyclic) bond motifs is 1. The molecule has 0 bridgehead atoms. The van der Waals surface area contributed by atoms with Crippen molar-refractivity contribution in [3.63, 3.8) is 0 Å². The first-order valence-corrected chi connectivity index (χ1v) is 8.12. The number of nitrogens with one attached hydrogen (secondary N) is 1. The molecule has 0 aliphatic heterocycles. The number of aromatic nitrogens is 2. The van der Waals surface area contributed by atoms with Gasteiger partial charge < -0.3 is 9.72 Å². The van der Waals surface area contributed by atoms with Gasteiger partial charge >= 0.3 is 0 Å². The Morgan fingerprint density at radius 2 is 2.09 bits per heavy atom. The van der Waals surface area contributed by atoms with Gasteiger partial charge in [0.25, 0.3) is 5.91 Å². The van der Waals surface area contributed by atoms with E-state index in [1.807, 2.05) is 47.1 Å². The number of nitrogens with zero attached hydrogens (tertiary/aromatic N) is 2. The molecule has 4 nitrogen and oxygen atoms in total. The van der Waals surface area contributed by atoms with E-state index in [0.29, 0.717) is 5.56 Å². The molecule has 1 aromatic carbocycles. The summed E-state index contributed by atoms with van der Waals surface area (Å²) in [6.07, 6.45) is 9.14. The van der Waals surface area contributed by atoms with Crippen LogP contribution in [0.3, 0.4) is 0 Å². The molecule has 1 N–H and O–H groups in total. The van der Waals surface area contributed by atoms with Crippen LogP contribution in [0, 0.1) is 12.3 Å². The van der Waals surface area contributed by atoms with Crippen molar-refractivity contribution in [2.45, 2.75) is 10.6 Å². The molecule has 0 atom stereocenters. The van der Waals surface area contributed by atoms with Crippen molar-refractivity contribution in [1.82, 2.24) is 14.7 Å². The lowest BCUT2D eigenvalue weighted by atomic mass is 10.2. The zero-order valence-corrected chi connectivity index (χ0v) is 13.2. The monoisotopic (exact) mass is 321 g/mol. The van der Waals surface area contributed by atoms with E-state index in [9.17, 15) is 4.79 Å². The van der Waals surface area contributed by atoms with Gasteiger partial charge in [0.05, 0.1) is 12.2 Å². The summed E-state index contributed by atoms with van der Waals surface area (Å²) in [5.41, 5.74) is 2.58. The number of rotatable bonds is 5. The molecule has 2 aromatic heterocycles. The minimum atomic E-state index is -0.153. The number of terminal acetylenes is 1. The maximum Gasteiger partial charge on any atom is 0.252 e. The number of pyridine rings is 1. The van der Waals surface area contributed by atoms with Crippen LogP contribution in [0.25, 0.3) is 5.65 Å². The van der Waals surface area contributed by atoms with Gasteiger partial charge in [-0.05, 0) is 36.4 Å². The lowest BCUT2D eigenvalue weighted by Crippen LogP contribution is -2.23. The van der Waals surface area contributed by atoms with Crippen molar-refractivity contribution in [3.05, 3.63) is 66.1 Å². The summed E-state index contributed by atoms with van der Waals surface area (Å²) in [6.45, 7) is 0.239. The van der Waals surface area contributed by atoms with Crippen LogP contribution in [0.4, 0.5) is 0 Å². The zero-order valence-electron chi connectivity index (χ0n) is 12.4. The smallest absolute Gasteiger partial charge is 0.252 e. The number of thioether (sulfide) groups is 1. The number of benzene rings is 1. The first kappa shape index (κ1) is 15.2. The number of imidazole rings is 1. The van der Waals surface area contributed by atoms with Gasteiger partial charge in [0.15, 0.2) is 0 Å². The van der Waals surface area contributed by atoms with Crippen molar-refractivity contribution in [1.29, 1.82) is 0 Å². The molecule has 0 radical (unpaired) electrons.